The smallest absolute Gasteiger partial charge is 0.0136 e. The van der Waals surface area contributed by atoms with Crippen LogP contribution in [0.25, 0.3) is 0 Å². The zero-order valence-corrected chi connectivity index (χ0v) is 8.18. The highest BCUT2D eigenvalue weighted by molar-refractivity contribution is 4.68. The molecule has 0 heterocycles. The van der Waals surface area contributed by atoms with Gasteiger partial charge in [0.2, 0.25) is 0 Å². The highest BCUT2D eigenvalue weighted by Crippen LogP contribution is 2.26. The SMILES string of the molecule is CC(N)CNCCC1CCCC1. The maximum atomic E-state index is 5.62. The third-order valence-corrected chi connectivity index (χ3v) is 2.67. The van der Waals surface area contributed by atoms with Gasteiger partial charge in [-0.1, -0.05) is 25.7 Å². The molecular weight excluding hydrogens is 148 g/mol. The Labute approximate surface area is 75.9 Å². The molecule has 0 bridgehead atoms. The van der Waals surface area contributed by atoms with Crippen LogP contribution in [-0.4, -0.2) is 19.1 Å². The summed E-state index contributed by atoms with van der Waals surface area (Å²) in [6.45, 7) is 4.17. The van der Waals surface area contributed by atoms with Crippen molar-refractivity contribution < 1.29 is 0 Å². The number of nitrogens with two attached hydrogens (primary N) is 1. The van der Waals surface area contributed by atoms with E-state index in [0.717, 1.165) is 19.0 Å². The van der Waals surface area contributed by atoms with Crippen molar-refractivity contribution in [2.45, 2.75) is 45.1 Å². The molecule has 2 heteroatoms. The van der Waals surface area contributed by atoms with Gasteiger partial charge in [-0.25, -0.2) is 0 Å². The summed E-state index contributed by atoms with van der Waals surface area (Å²) in [5.74, 6) is 1.01. The molecule has 3 N–H and O–H groups in total. The average molecular weight is 170 g/mol. The summed E-state index contributed by atoms with van der Waals surface area (Å²) < 4.78 is 0. The first-order valence-electron chi connectivity index (χ1n) is 5.25. The summed E-state index contributed by atoms with van der Waals surface area (Å²) in [7, 11) is 0. The molecule has 1 aliphatic rings. The van der Waals surface area contributed by atoms with Crippen LogP contribution in [0.3, 0.4) is 0 Å². The molecule has 0 spiro atoms. The lowest BCUT2D eigenvalue weighted by molar-refractivity contribution is 0.470. The van der Waals surface area contributed by atoms with Crippen LogP contribution in [0, 0.1) is 5.92 Å². The number of nitrogens with one attached hydrogen (secondary N) is 1. The quantitative estimate of drug-likeness (QED) is 0.614. The van der Waals surface area contributed by atoms with Crippen molar-refractivity contribution in [3.8, 4) is 0 Å². The molecule has 0 radical (unpaired) electrons. The van der Waals surface area contributed by atoms with Crippen LogP contribution in [0.5, 0.6) is 0 Å². The van der Waals surface area contributed by atoms with Crippen LogP contribution in [0.1, 0.15) is 39.0 Å². The topological polar surface area (TPSA) is 38.0 Å². The Kier molecular flexibility index (Phi) is 4.62. The molecule has 0 aromatic heterocycles. The van der Waals surface area contributed by atoms with Gasteiger partial charge < -0.3 is 11.1 Å². The molecule has 0 amide bonds. The van der Waals surface area contributed by atoms with Crippen LogP contribution in [0.15, 0.2) is 0 Å². The molecule has 1 atom stereocenters. The molecule has 2 nitrogen and oxygen atoms in total. The normalized spacial score (nSPS) is 21.5. The molecule has 1 rings (SSSR count). The van der Waals surface area contributed by atoms with Gasteiger partial charge in [-0.3, -0.25) is 0 Å². The summed E-state index contributed by atoms with van der Waals surface area (Å²) in [6.07, 6.45) is 7.18. The first-order chi connectivity index (χ1) is 5.79. The fraction of sp³-hybridized carbons (Fsp3) is 1.00. The second-order valence-electron chi connectivity index (χ2n) is 4.12. The van der Waals surface area contributed by atoms with E-state index in [1.807, 2.05) is 6.92 Å². The lowest BCUT2D eigenvalue weighted by Crippen LogP contribution is -2.32. The van der Waals surface area contributed by atoms with Crippen molar-refractivity contribution in [1.82, 2.24) is 5.32 Å². The largest absolute Gasteiger partial charge is 0.327 e. The summed E-state index contributed by atoms with van der Waals surface area (Å²) in [4.78, 5) is 0. The van der Waals surface area contributed by atoms with Gasteiger partial charge >= 0.3 is 0 Å². The summed E-state index contributed by atoms with van der Waals surface area (Å²) in [5, 5.41) is 3.39. The van der Waals surface area contributed by atoms with E-state index < -0.39 is 0 Å². The van der Waals surface area contributed by atoms with Crippen molar-refractivity contribution in [3.05, 3.63) is 0 Å². The molecular formula is C10H22N2. The highest BCUT2D eigenvalue weighted by atomic mass is 14.9. The monoisotopic (exact) mass is 170 g/mol. The van der Waals surface area contributed by atoms with Crippen LogP contribution in [0.2, 0.25) is 0 Å². The molecule has 1 aliphatic carbocycles. The molecule has 72 valence electrons. The Morgan fingerprint density at radius 3 is 2.67 bits per heavy atom. The summed E-state index contributed by atoms with van der Waals surface area (Å²) >= 11 is 0. The maximum absolute atomic E-state index is 5.62. The summed E-state index contributed by atoms with van der Waals surface area (Å²) in [6, 6.07) is 0.300. The van der Waals surface area contributed by atoms with Gasteiger partial charge in [-0.05, 0) is 25.8 Å². The van der Waals surface area contributed by atoms with Gasteiger partial charge in [0.15, 0.2) is 0 Å². The van der Waals surface area contributed by atoms with E-state index >= 15 is 0 Å². The van der Waals surface area contributed by atoms with Crippen molar-refractivity contribution >= 4 is 0 Å². The predicted octanol–water partition coefficient (Wildman–Crippen LogP) is 1.50. The van der Waals surface area contributed by atoms with E-state index in [1.54, 1.807) is 0 Å². The molecule has 0 aromatic rings. The van der Waals surface area contributed by atoms with Crippen molar-refractivity contribution in [3.63, 3.8) is 0 Å². The molecule has 12 heavy (non-hydrogen) atoms. The van der Waals surface area contributed by atoms with Crippen molar-refractivity contribution in [2.24, 2.45) is 11.7 Å². The zero-order chi connectivity index (χ0) is 8.81. The van der Waals surface area contributed by atoms with E-state index in [0.29, 0.717) is 6.04 Å². The first kappa shape index (κ1) is 10.0. The Morgan fingerprint density at radius 2 is 2.08 bits per heavy atom. The fourth-order valence-corrected chi connectivity index (χ4v) is 1.93. The average Bonchev–Trinajstić information content (AvgIpc) is 2.49. The van der Waals surface area contributed by atoms with Gasteiger partial charge in [0.05, 0.1) is 0 Å². The first-order valence-corrected chi connectivity index (χ1v) is 5.25. The predicted molar refractivity (Wildman–Crippen MR) is 53.1 cm³/mol. The third kappa shape index (κ3) is 4.07. The molecule has 1 unspecified atom stereocenters. The minimum Gasteiger partial charge on any atom is -0.327 e. The third-order valence-electron chi connectivity index (χ3n) is 2.67. The Bertz CT molecular complexity index is 106. The van der Waals surface area contributed by atoms with Crippen LogP contribution in [0.4, 0.5) is 0 Å². The van der Waals surface area contributed by atoms with Crippen molar-refractivity contribution in [2.75, 3.05) is 13.1 Å². The Balaban J connectivity index is 1.88. The van der Waals surface area contributed by atoms with Gasteiger partial charge in [0, 0.05) is 12.6 Å². The van der Waals surface area contributed by atoms with Gasteiger partial charge in [0.1, 0.15) is 0 Å². The van der Waals surface area contributed by atoms with E-state index in [-0.39, 0.29) is 0 Å². The minimum atomic E-state index is 0.300. The van der Waals surface area contributed by atoms with Gasteiger partial charge in [-0.15, -0.1) is 0 Å². The number of hydrogen-bond donors (Lipinski definition) is 2. The maximum Gasteiger partial charge on any atom is 0.0136 e. The molecule has 0 aliphatic heterocycles. The lowest BCUT2D eigenvalue weighted by Gasteiger charge is -2.10. The van der Waals surface area contributed by atoms with E-state index in [1.165, 1.54) is 32.1 Å². The van der Waals surface area contributed by atoms with Gasteiger partial charge in [0.25, 0.3) is 0 Å². The minimum absolute atomic E-state index is 0.300. The number of hydrogen-bond acceptors (Lipinski definition) is 2. The molecule has 0 aromatic carbocycles. The van der Waals surface area contributed by atoms with Crippen LogP contribution >= 0.6 is 0 Å². The zero-order valence-electron chi connectivity index (χ0n) is 8.18. The highest BCUT2D eigenvalue weighted by Gasteiger charge is 2.13. The molecule has 1 fully saturated rings. The van der Waals surface area contributed by atoms with Gasteiger partial charge in [-0.2, -0.15) is 0 Å². The molecule has 1 saturated carbocycles. The van der Waals surface area contributed by atoms with E-state index in [4.69, 9.17) is 5.73 Å². The molecule has 0 saturated heterocycles. The van der Waals surface area contributed by atoms with Crippen molar-refractivity contribution in [1.29, 1.82) is 0 Å². The van der Waals surface area contributed by atoms with Crippen LogP contribution < -0.4 is 11.1 Å². The Hall–Kier alpha value is -0.0800. The second-order valence-corrected chi connectivity index (χ2v) is 4.12. The summed E-state index contributed by atoms with van der Waals surface area (Å²) in [5.41, 5.74) is 5.62. The van der Waals surface area contributed by atoms with E-state index in [9.17, 15) is 0 Å². The second kappa shape index (κ2) is 5.55. The fourth-order valence-electron chi connectivity index (χ4n) is 1.93. The lowest BCUT2D eigenvalue weighted by atomic mass is 10.0. The van der Waals surface area contributed by atoms with E-state index in [2.05, 4.69) is 5.32 Å². The Morgan fingerprint density at radius 1 is 1.42 bits per heavy atom. The number of rotatable bonds is 5. The van der Waals surface area contributed by atoms with Crippen LogP contribution in [-0.2, 0) is 0 Å². The standard InChI is InChI=1S/C10H22N2/c1-9(11)8-12-7-6-10-4-2-3-5-10/h9-10,12H,2-8,11H2,1H3.